The minimum atomic E-state index is 0.379. The number of halogens is 1. The number of hydrogen-bond acceptors (Lipinski definition) is 2. The van der Waals surface area contributed by atoms with E-state index in [9.17, 15) is 0 Å². The first-order valence-corrected chi connectivity index (χ1v) is 8.77. The minimum Gasteiger partial charge on any atom is -0.497 e. The zero-order valence-electron chi connectivity index (χ0n) is 13.7. The van der Waals surface area contributed by atoms with Gasteiger partial charge in [0, 0.05) is 17.1 Å². The van der Waals surface area contributed by atoms with Gasteiger partial charge in [0.2, 0.25) is 0 Å². The third kappa shape index (κ3) is 4.46. The lowest BCUT2D eigenvalue weighted by molar-refractivity contribution is 0.130. The van der Waals surface area contributed by atoms with Crippen molar-refractivity contribution in [1.29, 1.82) is 0 Å². The van der Waals surface area contributed by atoms with E-state index in [0.717, 1.165) is 22.7 Å². The van der Waals surface area contributed by atoms with Crippen LogP contribution < -0.4 is 10.1 Å². The van der Waals surface area contributed by atoms with E-state index in [4.69, 9.17) is 4.74 Å². The van der Waals surface area contributed by atoms with Crippen LogP contribution in [0.3, 0.4) is 0 Å². The van der Waals surface area contributed by atoms with Gasteiger partial charge >= 0.3 is 0 Å². The average molecular weight is 354 g/mol. The van der Waals surface area contributed by atoms with Crippen LogP contribution >= 0.6 is 15.9 Å². The summed E-state index contributed by atoms with van der Waals surface area (Å²) in [6.45, 7) is 8.02. The predicted octanol–water partition coefficient (Wildman–Crippen LogP) is 5.15. The van der Waals surface area contributed by atoms with Crippen LogP contribution in [0.1, 0.15) is 52.0 Å². The van der Waals surface area contributed by atoms with Crippen molar-refractivity contribution in [3.8, 4) is 5.75 Å². The van der Waals surface area contributed by atoms with Crippen molar-refractivity contribution in [1.82, 2.24) is 5.32 Å². The minimum absolute atomic E-state index is 0.379. The molecule has 0 heterocycles. The molecule has 1 fully saturated rings. The first kappa shape index (κ1) is 16.8. The Labute approximate surface area is 137 Å². The van der Waals surface area contributed by atoms with Crippen LogP contribution in [0.2, 0.25) is 0 Å². The molecule has 2 rings (SSSR count). The van der Waals surface area contributed by atoms with Crippen molar-refractivity contribution in [3.63, 3.8) is 0 Å². The Morgan fingerprint density at radius 1 is 1.24 bits per heavy atom. The van der Waals surface area contributed by atoms with Crippen LogP contribution in [0, 0.1) is 11.3 Å². The Bertz CT molecular complexity index is 467. The van der Waals surface area contributed by atoms with Crippen molar-refractivity contribution in [2.45, 2.75) is 59.0 Å². The van der Waals surface area contributed by atoms with E-state index in [1.54, 1.807) is 7.11 Å². The highest BCUT2D eigenvalue weighted by Gasteiger charge is 2.33. The summed E-state index contributed by atoms with van der Waals surface area (Å²) in [5, 5.41) is 3.80. The SMILES string of the molecule is COc1ccc(Br)c(CNC2CCCCC2C(C)(C)C)c1. The van der Waals surface area contributed by atoms with Gasteiger partial charge in [-0.2, -0.15) is 0 Å². The number of hydrogen-bond donors (Lipinski definition) is 1. The molecule has 1 aromatic carbocycles. The second kappa shape index (κ2) is 7.15. The zero-order valence-corrected chi connectivity index (χ0v) is 15.3. The Hall–Kier alpha value is -0.540. The largest absolute Gasteiger partial charge is 0.497 e. The predicted molar refractivity (Wildman–Crippen MR) is 92.7 cm³/mol. The molecule has 1 aliphatic carbocycles. The molecule has 118 valence electrons. The van der Waals surface area contributed by atoms with Crippen molar-refractivity contribution in [3.05, 3.63) is 28.2 Å². The molecule has 21 heavy (non-hydrogen) atoms. The van der Waals surface area contributed by atoms with Crippen LogP contribution in [0.15, 0.2) is 22.7 Å². The van der Waals surface area contributed by atoms with E-state index in [1.165, 1.54) is 31.2 Å². The Morgan fingerprint density at radius 2 is 1.95 bits per heavy atom. The molecule has 0 amide bonds. The van der Waals surface area contributed by atoms with Gasteiger partial charge in [-0.05, 0) is 47.9 Å². The van der Waals surface area contributed by atoms with Gasteiger partial charge in [-0.25, -0.2) is 0 Å². The molecule has 0 aromatic heterocycles. The van der Waals surface area contributed by atoms with Gasteiger partial charge in [-0.3, -0.25) is 0 Å². The second-order valence-corrected chi connectivity index (χ2v) is 8.06. The van der Waals surface area contributed by atoms with Gasteiger partial charge in [0.1, 0.15) is 5.75 Å². The summed E-state index contributed by atoms with van der Waals surface area (Å²) in [7, 11) is 1.72. The quantitative estimate of drug-likeness (QED) is 0.807. The van der Waals surface area contributed by atoms with Crippen LogP contribution in [0.4, 0.5) is 0 Å². The highest BCUT2D eigenvalue weighted by atomic mass is 79.9. The zero-order chi connectivity index (χ0) is 15.5. The van der Waals surface area contributed by atoms with Crippen LogP contribution in [0.25, 0.3) is 0 Å². The molecule has 3 heteroatoms. The number of rotatable bonds is 4. The normalized spacial score (nSPS) is 23.1. The molecule has 0 saturated heterocycles. The van der Waals surface area contributed by atoms with E-state index in [1.807, 2.05) is 6.07 Å². The lowest BCUT2D eigenvalue weighted by Crippen LogP contribution is -2.43. The third-order valence-corrected chi connectivity index (χ3v) is 5.46. The molecular weight excluding hydrogens is 326 g/mol. The molecule has 2 atom stereocenters. The van der Waals surface area contributed by atoms with E-state index in [0.29, 0.717) is 11.5 Å². The summed E-state index contributed by atoms with van der Waals surface area (Å²) in [6.07, 6.45) is 5.37. The molecule has 1 aliphatic rings. The van der Waals surface area contributed by atoms with Crippen molar-refractivity contribution in [2.75, 3.05) is 7.11 Å². The molecule has 1 N–H and O–H groups in total. The van der Waals surface area contributed by atoms with Gasteiger partial charge in [0.15, 0.2) is 0 Å². The first-order valence-electron chi connectivity index (χ1n) is 7.97. The maximum atomic E-state index is 5.33. The van der Waals surface area contributed by atoms with E-state index in [2.05, 4.69) is 54.2 Å². The molecule has 0 radical (unpaired) electrons. The second-order valence-electron chi connectivity index (χ2n) is 7.20. The van der Waals surface area contributed by atoms with Gasteiger partial charge < -0.3 is 10.1 Å². The fourth-order valence-electron chi connectivity index (χ4n) is 3.47. The van der Waals surface area contributed by atoms with Crippen molar-refractivity contribution in [2.24, 2.45) is 11.3 Å². The van der Waals surface area contributed by atoms with E-state index in [-0.39, 0.29) is 0 Å². The highest BCUT2D eigenvalue weighted by molar-refractivity contribution is 9.10. The van der Waals surface area contributed by atoms with Crippen LogP contribution in [-0.2, 0) is 6.54 Å². The summed E-state index contributed by atoms with van der Waals surface area (Å²) >= 11 is 3.64. The lowest BCUT2D eigenvalue weighted by atomic mass is 9.69. The molecule has 0 spiro atoms. The Morgan fingerprint density at radius 3 is 2.62 bits per heavy atom. The summed E-state index contributed by atoms with van der Waals surface area (Å²) < 4.78 is 6.48. The number of ether oxygens (including phenoxy) is 1. The van der Waals surface area contributed by atoms with Gasteiger partial charge in [0.05, 0.1) is 7.11 Å². The van der Waals surface area contributed by atoms with Crippen LogP contribution in [-0.4, -0.2) is 13.2 Å². The van der Waals surface area contributed by atoms with Crippen molar-refractivity contribution >= 4 is 15.9 Å². The maximum absolute atomic E-state index is 5.33. The first-order chi connectivity index (χ1) is 9.91. The number of benzene rings is 1. The molecule has 1 aromatic rings. The molecule has 2 nitrogen and oxygen atoms in total. The fourth-order valence-corrected chi connectivity index (χ4v) is 3.85. The monoisotopic (exact) mass is 353 g/mol. The Kier molecular flexibility index (Phi) is 5.73. The standard InChI is InChI=1S/C18H28BrNO/c1-18(2,3)15-7-5-6-8-17(15)20-12-13-11-14(21-4)9-10-16(13)19/h9-11,15,17,20H,5-8,12H2,1-4H3. The third-order valence-electron chi connectivity index (χ3n) is 4.69. The average Bonchev–Trinajstić information content (AvgIpc) is 2.46. The molecule has 2 unspecified atom stereocenters. The van der Waals surface area contributed by atoms with Crippen LogP contribution in [0.5, 0.6) is 5.75 Å². The van der Waals surface area contributed by atoms with Gasteiger partial charge in [-0.1, -0.05) is 49.5 Å². The maximum Gasteiger partial charge on any atom is 0.119 e. The fraction of sp³-hybridized carbons (Fsp3) is 0.667. The Balaban J connectivity index is 2.04. The van der Waals surface area contributed by atoms with Gasteiger partial charge in [-0.15, -0.1) is 0 Å². The van der Waals surface area contributed by atoms with Gasteiger partial charge in [0.25, 0.3) is 0 Å². The lowest BCUT2D eigenvalue weighted by Gasteiger charge is -2.41. The molecule has 0 aliphatic heterocycles. The van der Waals surface area contributed by atoms with E-state index >= 15 is 0 Å². The van der Waals surface area contributed by atoms with Crippen molar-refractivity contribution < 1.29 is 4.74 Å². The molecule has 0 bridgehead atoms. The number of nitrogens with one attached hydrogen (secondary N) is 1. The molecular formula is C18H28BrNO. The smallest absolute Gasteiger partial charge is 0.119 e. The summed E-state index contributed by atoms with van der Waals surface area (Å²) in [6, 6.07) is 6.80. The van der Waals surface area contributed by atoms with E-state index < -0.39 is 0 Å². The highest BCUT2D eigenvalue weighted by Crippen LogP contribution is 2.38. The number of methoxy groups -OCH3 is 1. The summed E-state index contributed by atoms with van der Waals surface area (Å²) in [5.74, 6) is 1.68. The summed E-state index contributed by atoms with van der Waals surface area (Å²) in [4.78, 5) is 0. The summed E-state index contributed by atoms with van der Waals surface area (Å²) in [5.41, 5.74) is 1.65. The molecule has 1 saturated carbocycles. The topological polar surface area (TPSA) is 21.3 Å².